The van der Waals surface area contributed by atoms with E-state index < -0.39 is 0 Å². The first kappa shape index (κ1) is 13.3. The van der Waals surface area contributed by atoms with E-state index in [0.29, 0.717) is 4.77 Å². The second kappa shape index (κ2) is 5.72. The van der Waals surface area contributed by atoms with Crippen molar-refractivity contribution >= 4 is 23.6 Å². The average Bonchev–Trinajstić information content (AvgIpc) is 3.16. The SMILES string of the molecule is CCCCn1c(-c2csc(-c3ccco3)n2)n[nH]c1=S. The maximum absolute atomic E-state index is 5.36. The number of H-pyrrole nitrogens is 1. The number of aromatic amines is 1. The molecule has 0 amide bonds. The summed E-state index contributed by atoms with van der Waals surface area (Å²) in [5, 5.41) is 9.96. The van der Waals surface area contributed by atoms with E-state index in [4.69, 9.17) is 16.6 Å². The van der Waals surface area contributed by atoms with Gasteiger partial charge >= 0.3 is 0 Å². The summed E-state index contributed by atoms with van der Waals surface area (Å²) in [5.41, 5.74) is 0.824. The maximum atomic E-state index is 5.36. The molecule has 3 aromatic rings. The van der Waals surface area contributed by atoms with Crippen LogP contribution in [0.4, 0.5) is 0 Å². The molecule has 7 heteroatoms. The van der Waals surface area contributed by atoms with E-state index >= 15 is 0 Å². The fourth-order valence-electron chi connectivity index (χ4n) is 1.93. The highest BCUT2D eigenvalue weighted by molar-refractivity contribution is 7.71. The third-order valence-corrected chi connectivity index (χ3v) is 4.13. The fraction of sp³-hybridized carbons (Fsp3) is 0.308. The van der Waals surface area contributed by atoms with Gasteiger partial charge in [0.2, 0.25) is 0 Å². The van der Waals surface area contributed by atoms with Gasteiger partial charge in [-0.05, 0) is 30.8 Å². The van der Waals surface area contributed by atoms with E-state index in [-0.39, 0.29) is 0 Å². The van der Waals surface area contributed by atoms with E-state index in [9.17, 15) is 0 Å². The summed E-state index contributed by atoms with van der Waals surface area (Å²) in [6.07, 6.45) is 3.82. The highest BCUT2D eigenvalue weighted by atomic mass is 32.1. The molecule has 0 bridgehead atoms. The number of hydrogen-bond donors (Lipinski definition) is 1. The molecule has 3 rings (SSSR count). The first-order valence-electron chi connectivity index (χ1n) is 6.44. The quantitative estimate of drug-likeness (QED) is 0.720. The first-order valence-corrected chi connectivity index (χ1v) is 7.73. The topological polar surface area (TPSA) is 59.6 Å². The molecular formula is C13H14N4OS2. The summed E-state index contributed by atoms with van der Waals surface area (Å²) in [4.78, 5) is 4.58. The zero-order valence-corrected chi connectivity index (χ0v) is 12.6. The van der Waals surface area contributed by atoms with Crippen molar-refractivity contribution in [3.8, 4) is 22.3 Å². The lowest BCUT2D eigenvalue weighted by Gasteiger charge is -2.03. The lowest BCUT2D eigenvalue weighted by molar-refractivity contribution is 0.582. The standard InChI is InChI=1S/C13H14N4OS2/c1-2-3-6-17-11(15-16-13(17)19)9-8-20-12(14-9)10-5-4-7-18-10/h4-5,7-8H,2-3,6H2,1H3,(H,16,19). The summed E-state index contributed by atoms with van der Waals surface area (Å²) < 4.78 is 8.00. The monoisotopic (exact) mass is 306 g/mol. The van der Waals surface area contributed by atoms with Gasteiger partial charge in [-0.25, -0.2) is 4.98 Å². The van der Waals surface area contributed by atoms with Crippen molar-refractivity contribution in [3.05, 3.63) is 28.5 Å². The number of nitrogens with one attached hydrogen (secondary N) is 1. The lowest BCUT2D eigenvalue weighted by atomic mass is 10.3. The van der Waals surface area contributed by atoms with Crippen LogP contribution in [0.3, 0.4) is 0 Å². The third-order valence-electron chi connectivity index (χ3n) is 2.96. The number of thiazole rings is 1. The number of aromatic nitrogens is 4. The molecular weight excluding hydrogens is 292 g/mol. The molecule has 0 saturated carbocycles. The molecule has 0 aliphatic carbocycles. The average molecular weight is 306 g/mol. The molecule has 0 fully saturated rings. The first-order chi connectivity index (χ1) is 9.79. The van der Waals surface area contributed by atoms with Gasteiger partial charge in [-0.3, -0.25) is 9.67 Å². The lowest BCUT2D eigenvalue weighted by Crippen LogP contribution is -2.00. The fourth-order valence-corrected chi connectivity index (χ4v) is 2.91. The van der Waals surface area contributed by atoms with Crippen LogP contribution in [0.2, 0.25) is 0 Å². The molecule has 0 aliphatic rings. The van der Waals surface area contributed by atoms with Gasteiger partial charge in [-0.1, -0.05) is 13.3 Å². The molecule has 3 aromatic heterocycles. The summed E-state index contributed by atoms with van der Waals surface area (Å²) in [6.45, 7) is 3.01. The second-order valence-corrected chi connectivity index (χ2v) is 5.62. The molecule has 0 aromatic carbocycles. The van der Waals surface area contributed by atoms with Gasteiger partial charge in [0.25, 0.3) is 0 Å². The van der Waals surface area contributed by atoms with Crippen LogP contribution in [0, 0.1) is 4.77 Å². The summed E-state index contributed by atoms with van der Waals surface area (Å²) in [6, 6.07) is 3.75. The molecule has 0 saturated heterocycles. The third kappa shape index (κ3) is 2.46. The Labute approximate surface area is 125 Å². The minimum absolute atomic E-state index is 0.640. The van der Waals surface area contributed by atoms with Crippen LogP contribution in [0.1, 0.15) is 19.8 Å². The molecule has 0 spiro atoms. The van der Waals surface area contributed by atoms with Crippen LogP contribution in [0.15, 0.2) is 28.2 Å². The van der Waals surface area contributed by atoms with Crippen LogP contribution in [-0.2, 0) is 6.54 Å². The maximum Gasteiger partial charge on any atom is 0.195 e. The van der Waals surface area contributed by atoms with E-state index in [1.165, 1.54) is 11.3 Å². The van der Waals surface area contributed by atoms with E-state index in [1.807, 2.05) is 22.1 Å². The van der Waals surface area contributed by atoms with E-state index in [1.54, 1.807) is 6.26 Å². The highest BCUT2D eigenvalue weighted by Gasteiger charge is 2.14. The number of hydrogen-bond acceptors (Lipinski definition) is 5. The normalized spacial score (nSPS) is 11.1. The molecule has 104 valence electrons. The number of rotatable bonds is 5. The molecule has 5 nitrogen and oxygen atoms in total. The van der Waals surface area contributed by atoms with Gasteiger partial charge < -0.3 is 4.42 Å². The molecule has 0 atom stereocenters. The predicted octanol–water partition coefficient (Wildman–Crippen LogP) is 4.12. The Morgan fingerprint density at radius 1 is 1.50 bits per heavy atom. The van der Waals surface area contributed by atoms with Crippen molar-refractivity contribution < 1.29 is 4.42 Å². The predicted molar refractivity (Wildman–Crippen MR) is 81.1 cm³/mol. The van der Waals surface area contributed by atoms with Gasteiger partial charge in [-0.15, -0.1) is 11.3 Å². The molecule has 0 radical (unpaired) electrons. The van der Waals surface area contributed by atoms with Gasteiger partial charge in [0.05, 0.1) is 6.26 Å². The minimum Gasteiger partial charge on any atom is -0.462 e. The van der Waals surface area contributed by atoms with Gasteiger partial charge in [0, 0.05) is 11.9 Å². The zero-order chi connectivity index (χ0) is 13.9. The van der Waals surface area contributed by atoms with Crippen LogP contribution < -0.4 is 0 Å². The Morgan fingerprint density at radius 3 is 3.15 bits per heavy atom. The van der Waals surface area contributed by atoms with Crippen molar-refractivity contribution in [2.45, 2.75) is 26.3 Å². The van der Waals surface area contributed by atoms with Crippen LogP contribution in [0.25, 0.3) is 22.3 Å². The molecule has 0 unspecified atom stereocenters. The minimum atomic E-state index is 0.640. The van der Waals surface area contributed by atoms with E-state index in [2.05, 4.69) is 22.1 Å². The van der Waals surface area contributed by atoms with Gasteiger partial charge in [0.15, 0.2) is 21.4 Å². The van der Waals surface area contributed by atoms with Crippen LogP contribution in [0.5, 0.6) is 0 Å². The summed E-state index contributed by atoms with van der Waals surface area (Å²) in [5.74, 6) is 1.56. The second-order valence-electron chi connectivity index (χ2n) is 4.37. The Hall–Kier alpha value is -1.73. The number of nitrogens with zero attached hydrogens (tertiary/aromatic N) is 3. The highest BCUT2D eigenvalue weighted by Crippen LogP contribution is 2.28. The number of unbranched alkanes of at least 4 members (excludes halogenated alkanes) is 1. The Balaban J connectivity index is 1.96. The van der Waals surface area contributed by atoms with Crippen LogP contribution >= 0.6 is 23.6 Å². The molecule has 1 N–H and O–H groups in total. The Bertz CT molecular complexity index is 739. The Kier molecular flexibility index (Phi) is 3.79. The molecule has 3 heterocycles. The van der Waals surface area contributed by atoms with Crippen LogP contribution in [-0.4, -0.2) is 19.7 Å². The van der Waals surface area contributed by atoms with Crippen molar-refractivity contribution in [2.75, 3.05) is 0 Å². The van der Waals surface area contributed by atoms with E-state index in [0.717, 1.165) is 41.7 Å². The largest absolute Gasteiger partial charge is 0.462 e. The molecule has 20 heavy (non-hydrogen) atoms. The van der Waals surface area contributed by atoms with Crippen molar-refractivity contribution in [3.63, 3.8) is 0 Å². The smallest absolute Gasteiger partial charge is 0.195 e. The Morgan fingerprint density at radius 2 is 2.40 bits per heavy atom. The summed E-state index contributed by atoms with van der Waals surface area (Å²) in [7, 11) is 0. The zero-order valence-electron chi connectivity index (χ0n) is 11.0. The molecule has 0 aliphatic heterocycles. The van der Waals surface area contributed by atoms with Gasteiger partial charge in [-0.2, -0.15) is 5.10 Å². The summed E-state index contributed by atoms with van der Waals surface area (Å²) >= 11 is 6.81. The van der Waals surface area contributed by atoms with Gasteiger partial charge in [0.1, 0.15) is 5.69 Å². The van der Waals surface area contributed by atoms with Crippen molar-refractivity contribution in [2.24, 2.45) is 0 Å². The number of furan rings is 1. The van der Waals surface area contributed by atoms with Crippen molar-refractivity contribution in [1.29, 1.82) is 0 Å². The van der Waals surface area contributed by atoms with Crippen molar-refractivity contribution in [1.82, 2.24) is 19.7 Å².